The monoisotopic (exact) mass is 545 g/mol. The fourth-order valence-corrected chi connectivity index (χ4v) is 5.27. The summed E-state index contributed by atoms with van der Waals surface area (Å²) in [6.07, 6.45) is 4.16. The van der Waals surface area contributed by atoms with E-state index in [1.165, 1.54) is 21.9 Å². The number of thiocarbonyl (C=S) groups is 1. The smallest absolute Gasteiger partial charge is 0.269 e. The van der Waals surface area contributed by atoms with Crippen LogP contribution in [0.5, 0.6) is 5.75 Å². The minimum atomic E-state index is -0.300. The Balaban J connectivity index is 1.25. The minimum absolute atomic E-state index is 0.0415. The number of nitrogens with one attached hydrogen (secondary N) is 5. The third kappa shape index (κ3) is 4.88. The number of para-hydroxylation sites is 4. The van der Waals surface area contributed by atoms with Crippen molar-refractivity contribution in [2.45, 2.75) is 5.92 Å². The van der Waals surface area contributed by atoms with Gasteiger partial charge in [0.25, 0.3) is 5.91 Å². The zero-order valence-corrected chi connectivity index (χ0v) is 22.5. The standard InChI is InChI=1S/C32H27N5O2S/c1-39-29-13-7-6-12-28(29)35-32(40)37-36-31(38)21-16-14-20(15-17-21)30(24-18-33-26-10-4-2-8-22(24)26)25-19-34-27-11-5-3-9-23(25)27/h2-19,30,33-34H,1H3,(H,36,38)(H2,35,37,40). The Hall–Kier alpha value is -5.08. The first-order chi connectivity index (χ1) is 19.6. The van der Waals surface area contributed by atoms with Gasteiger partial charge >= 0.3 is 0 Å². The van der Waals surface area contributed by atoms with Gasteiger partial charge in [-0.05, 0) is 65.3 Å². The zero-order chi connectivity index (χ0) is 27.5. The van der Waals surface area contributed by atoms with Crippen molar-refractivity contribution in [2.75, 3.05) is 12.4 Å². The van der Waals surface area contributed by atoms with Crippen LogP contribution in [-0.4, -0.2) is 28.1 Å². The molecule has 0 fully saturated rings. The third-order valence-corrected chi connectivity index (χ3v) is 7.22. The van der Waals surface area contributed by atoms with Crippen LogP contribution in [0.1, 0.15) is 33.0 Å². The summed E-state index contributed by atoms with van der Waals surface area (Å²) in [7, 11) is 1.59. The van der Waals surface area contributed by atoms with Crippen molar-refractivity contribution in [3.8, 4) is 5.75 Å². The van der Waals surface area contributed by atoms with Crippen LogP contribution in [0.4, 0.5) is 5.69 Å². The van der Waals surface area contributed by atoms with Crippen molar-refractivity contribution >= 4 is 50.7 Å². The molecule has 6 rings (SSSR count). The van der Waals surface area contributed by atoms with Gasteiger partial charge in [0.05, 0.1) is 12.8 Å². The van der Waals surface area contributed by atoms with E-state index in [9.17, 15) is 4.79 Å². The number of aromatic nitrogens is 2. The van der Waals surface area contributed by atoms with Gasteiger partial charge in [-0.3, -0.25) is 15.6 Å². The largest absolute Gasteiger partial charge is 0.495 e. The number of benzene rings is 4. The fraction of sp³-hybridized carbons (Fsp3) is 0.0625. The summed E-state index contributed by atoms with van der Waals surface area (Å²) < 4.78 is 5.33. The van der Waals surface area contributed by atoms with Crippen molar-refractivity contribution in [2.24, 2.45) is 0 Å². The lowest BCUT2D eigenvalue weighted by molar-refractivity contribution is 0.0944. The molecule has 0 aliphatic rings. The van der Waals surface area contributed by atoms with Gasteiger partial charge < -0.3 is 20.0 Å². The van der Waals surface area contributed by atoms with Gasteiger partial charge in [-0.2, -0.15) is 0 Å². The molecule has 0 aliphatic heterocycles. The Morgan fingerprint density at radius 2 is 1.32 bits per heavy atom. The number of carbonyl (C=O) groups excluding carboxylic acids is 1. The Labute approximate surface area is 236 Å². The second-order valence-electron chi connectivity index (χ2n) is 9.37. The summed E-state index contributed by atoms with van der Waals surface area (Å²) in [5.74, 6) is 0.306. The molecule has 6 aromatic rings. The molecule has 0 atom stereocenters. The minimum Gasteiger partial charge on any atom is -0.495 e. The van der Waals surface area contributed by atoms with Crippen LogP contribution in [0.3, 0.4) is 0 Å². The number of carbonyl (C=O) groups is 1. The van der Waals surface area contributed by atoms with Crippen molar-refractivity contribution in [1.29, 1.82) is 0 Å². The van der Waals surface area contributed by atoms with Crippen LogP contribution in [0.2, 0.25) is 0 Å². The van der Waals surface area contributed by atoms with Crippen molar-refractivity contribution < 1.29 is 9.53 Å². The molecule has 0 unspecified atom stereocenters. The molecule has 2 aromatic heterocycles. The highest BCUT2D eigenvalue weighted by atomic mass is 32.1. The van der Waals surface area contributed by atoms with Crippen molar-refractivity contribution in [1.82, 2.24) is 20.8 Å². The SMILES string of the molecule is COc1ccccc1NC(=S)NNC(=O)c1ccc(C(c2c[nH]c3ccccc23)c2c[nH]c3ccccc23)cc1. The van der Waals surface area contributed by atoms with Crippen LogP contribution in [0, 0.1) is 0 Å². The molecule has 7 nitrogen and oxygen atoms in total. The molecule has 4 aromatic carbocycles. The number of amides is 1. The molecule has 0 aliphatic carbocycles. The van der Waals surface area contributed by atoms with E-state index < -0.39 is 0 Å². The maximum Gasteiger partial charge on any atom is 0.269 e. The number of ether oxygens (including phenoxy) is 1. The predicted octanol–water partition coefficient (Wildman–Crippen LogP) is 6.47. The third-order valence-electron chi connectivity index (χ3n) is 7.02. The van der Waals surface area contributed by atoms with E-state index in [4.69, 9.17) is 17.0 Å². The first kappa shape index (κ1) is 25.2. The molecule has 0 spiro atoms. The van der Waals surface area contributed by atoms with E-state index in [2.05, 4.69) is 74.9 Å². The van der Waals surface area contributed by atoms with Crippen LogP contribution < -0.4 is 20.9 Å². The molecule has 0 saturated carbocycles. The highest BCUT2D eigenvalue weighted by molar-refractivity contribution is 7.80. The number of H-pyrrole nitrogens is 2. The summed E-state index contributed by atoms with van der Waals surface area (Å²) in [5, 5.41) is 5.60. The van der Waals surface area contributed by atoms with Gasteiger partial charge in [-0.15, -0.1) is 0 Å². The number of fused-ring (bicyclic) bond motifs is 2. The number of aromatic amines is 2. The highest BCUT2D eigenvalue weighted by Crippen LogP contribution is 2.39. The second-order valence-corrected chi connectivity index (χ2v) is 9.78. The molecule has 1 amide bonds. The fourth-order valence-electron chi connectivity index (χ4n) is 5.11. The second kappa shape index (κ2) is 11.0. The molecule has 0 bridgehead atoms. The van der Waals surface area contributed by atoms with E-state index in [0.29, 0.717) is 17.0 Å². The summed E-state index contributed by atoms with van der Waals surface area (Å²) >= 11 is 5.34. The summed E-state index contributed by atoms with van der Waals surface area (Å²) in [6, 6.07) is 31.7. The lowest BCUT2D eigenvalue weighted by Gasteiger charge is -2.18. The van der Waals surface area contributed by atoms with E-state index >= 15 is 0 Å². The van der Waals surface area contributed by atoms with Gasteiger partial charge in [-0.25, -0.2) is 0 Å². The van der Waals surface area contributed by atoms with Gasteiger partial charge in [-0.1, -0.05) is 60.7 Å². The zero-order valence-electron chi connectivity index (χ0n) is 21.7. The molecule has 2 heterocycles. The van der Waals surface area contributed by atoms with Crippen LogP contribution in [-0.2, 0) is 0 Å². The summed E-state index contributed by atoms with van der Waals surface area (Å²) in [6.45, 7) is 0. The number of hydrogen-bond acceptors (Lipinski definition) is 3. The Morgan fingerprint density at radius 1 is 0.750 bits per heavy atom. The lowest BCUT2D eigenvalue weighted by atomic mass is 9.84. The van der Waals surface area contributed by atoms with E-state index in [-0.39, 0.29) is 16.9 Å². The van der Waals surface area contributed by atoms with Gasteiger partial charge in [0.15, 0.2) is 5.11 Å². The number of methoxy groups -OCH3 is 1. The van der Waals surface area contributed by atoms with Crippen LogP contribution in [0.15, 0.2) is 109 Å². The Kier molecular flexibility index (Phi) is 6.91. The summed E-state index contributed by atoms with van der Waals surface area (Å²) in [5.41, 5.74) is 12.2. The molecular formula is C32H27N5O2S. The van der Waals surface area contributed by atoms with Gasteiger partial charge in [0.1, 0.15) is 5.75 Å². The molecule has 5 N–H and O–H groups in total. The van der Waals surface area contributed by atoms with Crippen molar-refractivity contribution in [3.63, 3.8) is 0 Å². The van der Waals surface area contributed by atoms with E-state index in [1.54, 1.807) is 7.11 Å². The van der Waals surface area contributed by atoms with Gasteiger partial charge in [0.2, 0.25) is 0 Å². The number of rotatable bonds is 6. The maximum absolute atomic E-state index is 12.9. The highest BCUT2D eigenvalue weighted by Gasteiger charge is 2.23. The lowest BCUT2D eigenvalue weighted by Crippen LogP contribution is -2.43. The number of hydrogen-bond donors (Lipinski definition) is 5. The summed E-state index contributed by atoms with van der Waals surface area (Å²) in [4.78, 5) is 19.8. The maximum atomic E-state index is 12.9. The molecule has 0 saturated heterocycles. The molecule has 198 valence electrons. The quantitative estimate of drug-likeness (QED) is 0.122. The average Bonchev–Trinajstić information content (AvgIpc) is 3.62. The molecule has 0 radical (unpaired) electrons. The average molecular weight is 546 g/mol. The van der Waals surface area contributed by atoms with E-state index in [1.807, 2.05) is 60.7 Å². The predicted molar refractivity (Wildman–Crippen MR) is 164 cm³/mol. The number of hydrazine groups is 1. The van der Waals surface area contributed by atoms with Crippen LogP contribution >= 0.6 is 12.2 Å². The number of anilines is 1. The van der Waals surface area contributed by atoms with Crippen molar-refractivity contribution in [3.05, 3.63) is 132 Å². The van der Waals surface area contributed by atoms with Crippen LogP contribution in [0.25, 0.3) is 21.8 Å². The Bertz CT molecular complexity index is 1750. The first-order valence-corrected chi connectivity index (χ1v) is 13.3. The molecule has 40 heavy (non-hydrogen) atoms. The molecular weight excluding hydrogens is 518 g/mol. The Morgan fingerprint density at radius 3 is 1.95 bits per heavy atom. The normalized spacial score (nSPS) is 11.1. The first-order valence-electron chi connectivity index (χ1n) is 12.8. The topological polar surface area (TPSA) is 94.0 Å². The van der Waals surface area contributed by atoms with E-state index in [0.717, 1.165) is 16.6 Å². The molecule has 8 heteroatoms. The van der Waals surface area contributed by atoms with Gasteiger partial charge in [0, 0.05) is 45.7 Å².